The first-order chi connectivity index (χ1) is 12.2. The molecule has 2 aromatic carbocycles. The Labute approximate surface area is 147 Å². The summed E-state index contributed by atoms with van der Waals surface area (Å²) < 4.78 is 23.9. The molecule has 0 atom stereocenters. The molecule has 0 unspecified atom stereocenters. The average molecular weight is 343 g/mol. The van der Waals surface area contributed by atoms with Crippen LogP contribution in [-0.4, -0.2) is 37.6 Å². The maximum atomic E-state index is 12.9. The van der Waals surface area contributed by atoms with Crippen LogP contribution in [0.1, 0.15) is 23.2 Å². The van der Waals surface area contributed by atoms with Gasteiger partial charge < -0.3 is 14.4 Å². The van der Waals surface area contributed by atoms with Gasteiger partial charge in [0.15, 0.2) is 0 Å². The zero-order chi connectivity index (χ0) is 17.6. The summed E-state index contributed by atoms with van der Waals surface area (Å²) in [5, 5.41) is 0. The number of hydrogen-bond donors (Lipinski definition) is 0. The van der Waals surface area contributed by atoms with Gasteiger partial charge in [-0.15, -0.1) is 0 Å². The Balaban J connectivity index is 1.51. The number of halogens is 1. The number of benzene rings is 2. The van der Waals surface area contributed by atoms with E-state index in [2.05, 4.69) is 0 Å². The highest BCUT2D eigenvalue weighted by molar-refractivity contribution is 5.97. The SMILES string of the molecule is COc1ccccc1C(=O)N1CCC(COc2ccc(F)cc2)CC1. The molecule has 1 saturated heterocycles. The van der Waals surface area contributed by atoms with E-state index < -0.39 is 0 Å². The molecule has 1 aliphatic rings. The summed E-state index contributed by atoms with van der Waals surface area (Å²) >= 11 is 0. The van der Waals surface area contributed by atoms with Crippen molar-refractivity contribution in [2.45, 2.75) is 12.8 Å². The number of para-hydroxylation sites is 1. The predicted octanol–water partition coefficient (Wildman–Crippen LogP) is 3.77. The van der Waals surface area contributed by atoms with Gasteiger partial charge >= 0.3 is 0 Å². The zero-order valence-corrected chi connectivity index (χ0v) is 14.3. The van der Waals surface area contributed by atoms with Crippen LogP contribution < -0.4 is 9.47 Å². The van der Waals surface area contributed by atoms with E-state index in [1.165, 1.54) is 12.1 Å². The quantitative estimate of drug-likeness (QED) is 0.830. The van der Waals surface area contributed by atoms with Gasteiger partial charge in [0.1, 0.15) is 17.3 Å². The number of carbonyl (C=O) groups excluding carboxylic acids is 1. The molecular formula is C20H22FNO3. The molecule has 1 fully saturated rings. The smallest absolute Gasteiger partial charge is 0.257 e. The van der Waals surface area contributed by atoms with Crippen LogP contribution >= 0.6 is 0 Å². The first kappa shape index (κ1) is 17.3. The average Bonchev–Trinajstić information content (AvgIpc) is 2.67. The van der Waals surface area contributed by atoms with Crippen molar-refractivity contribution >= 4 is 5.91 Å². The maximum Gasteiger partial charge on any atom is 0.257 e. The lowest BCUT2D eigenvalue weighted by Crippen LogP contribution is -2.39. The number of methoxy groups -OCH3 is 1. The second-order valence-electron chi connectivity index (χ2n) is 6.20. The molecule has 1 amide bonds. The molecule has 5 heteroatoms. The predicted molar refractivity (Wildman–Crippen MR) is 93.5 cm³/mol. The van der Waals surface area contributed by atoms with Crippen molar-refractivity contribution in [1.82, 2.24) is 4.90 Å². The molecule has 1 heterocycles. The molecule has 0 N–H and O–H groups in total. The van der Waals surface area contributed by atoms with E-state index in [1.54, 1.807) is 31.4 Å². The van der Waals surface area contributed by atoms with Crippen molar-refractivity contribution < 1.29 is 18.7 Å². The van der Waals surface area contributed by atoms with E-state index in [1.807, 2.05) is 17.0 Å². The van der Waals surface area contributed by atoms with Crippen LogP contribution in [-0.2, 0) is 0 Å². The number of carbonyl (C=O) groups is 1. The highest BCUT2D eigenvalue weighted by atomic mass is 19.1. The molecule has 0 saturated carbocycles. The molecule has 4 nitrogen and oxygen atoms in total. The highest BCUT2D eigenvalue weighted by Crippen LogP contribution is 2.24. The Morgan fingerprint density at radius 1 is 1.12 bits per heavy atom. The summed E-state index contributed by atoms with van der Waals surface area (Å²) in [7, 11) is 1.57. The minimum Gasteiger partial charge on any atom is -0.496 e. The Morgan fingerprint density at radius 3 is 2.48 bits per heavy atom. The van der Waals surface area contributed by atoms with Crippen LogP contribution in [0.5, 0.6) is 11.5 Å². The molecular weight excluding hydrogens is 321 g/mol. The second-order valence-corrected chi connectivity index (χ2v) is 6.20. The third-order valence-electron chi connectivity index (χ3n) is 4.54. The Morgan fingerprint density at radius 2 is 1.80 bits per heavy atom. The Hall–Kier alpha value is -2.56. The molecule has 132 valence electrons. The van der Waals surface area contributed by atoms with Crippen LogP contribution in [0.3, 0.4) is 0 Å². The first-order valence-corrected chi connectivity index (χ1v) is 8.48. The van der Waals surface area contributed by atoms with E-state index >= 15 is 0 Å². The van der Waals surface area contributed by atoms with Gasteiger partial charge in [0, 0.05) is 13.1 Å². The minimum absolute atomic E-state index is 0.00959. The summed E-state index contributed by atoms with van der Waals surface area (Å²) in [5.74, 6) is 1.42. The highest BCUT2D eigenvalue weighted by Gasteiger charge is 2.25. The number of amides is 1. The first-order valence-electron chi connectivity index (χ1n) is 8.48. The van der Waals surface area contributed by atoms with Crippen LogP contribution in [0, 0.1) is 11.7 Å². The minimum atomic E-state index is -0.268. The van der Waals surface area contributed by atoms with Gasteiger partial charge in [-0.2, -0.15) is 0 Å². The van der Waals surface area contributed by atoms with E-state index in [-0.39, 0.29) is 11.7 Å². The number of ether oxygens (including phenoxy) is 2. The molecule has 3 rings (SSSR count). The lowest BCUT2D eigenvalue weighted by Gasteiger charge is -2.32. The molecule has 0 bridgehead atoms. The second kappa shape index (κ2) is 8.01. The molecule has 0 spiro atoms. The van der Waals surface area contributed by atoms with Crippen LogP contribution in [0.2, 0.25) is 0 Å². The number of likely N-dealkylation sites (tertiary alicyclic amines) is 1. The summed E-state index contributed by atoms with van der Waals surface area (Å²) in [5.41, 5.74) is 0.603. The maximum absolute atomic E-state index is 12.9. The van der Waals surface area contributed by atoms with Crippen molar-refractivity contribution in [2.24, 2.45) is 5.92 Å². The monoisotopic (exact) mass is 343 g/mol. The van der Waals surface area contributed by atoms with Crippen LogP contribution in [0.25, 0.3) is 0 Å². The molecule has 0 aliphatic carbocycles. The van der Waals surface area contributed by atoms with Gasteiger partial charge in [-0.3, -0.25) is 4.79 Å². The number of piperidine rings is 1. The summed E-state index contributed by atoms with van der Waals surface area (Å²) in [6, 6.07) is 13.4. The Kier molecular flexibility index (Phi) is 5.53. The molecule has 0 aromatic heterocycles. The lowest BCUT2D eigenvalue weighted by molar-refractivity contribution is 0.0658. The number of nitrogens with zero attached hydrogens (tertiary/aromatic N) is 1. The Bertz CT molecular complexity index is 709. The number of hydrogen-bond acceptors (Lipinski definition) is 3. The van der Waals surface area contributed by atoms with E-state index in [9.17, 15) is 9.18 Å². The van der Waals surface area contributed by atoms with Crippen molar-refractivity contribution in [3.8, 4) is 11.5 Å². The van der Waals surface area contributed by atoms with Crippen molar-refractivity contribution in [3.63, 3.8) is 0 Å². The fourth-order valence-electron chi connectivity index (χ4n) is 3.04. The van der Waals surface area contributed by atoms with Gasteiger partial charge in [-0.1, -0.05) is 12.1 Å². The molecule has 1 aliphatic heterocycles. The molecule has 0 radical (unpaired) electrons. The van der Waals surface area contributed by atoms with E-state index in [0.717, 1.165) is 12.8 Å². The summed E-state index contributed by atoms with van der Waals surface area (Å²) in [4.78, 5) is 14.5. The van der Waals surface area contributed by atoms with Crippen LogP contribution in [0.4, 0.5) is 4.39 Å². The fraction of sp³-hybridized carbons (Fsp3) is 0.350. The molecule has 25 heavy (non-hydrogen) atoms. The van der Waals surface area contributed by atoms with Gasteiger partial charge in [0.25, 0.3) is 5.91 Å². The topological polar surface area (TPSA) is 38.8 Å². The summed E-state index contributed by atoms with van der Waals surface area (Å²) in [6.45, 7) is 1.99. The fourth-order valence-corrected chi connectivity index (χ4v) is 3.04. The lowest BCUT2D eigenvalue weighted by atomic mass is 9.97. The van der Waals surface area contributed by atoms with Gasteiger partial charge in [0.2, 0.25) is 0 Å². The van der Waals surface area contributed by atoms with Gasteiger partial charge in [0.05, 0.1) is 19.3 Å². The van der Waals surface area contributed by atoms with Gasteiger partial charge in [-0.05, 0) is 55.2 Å². The third-order valence-corrected chi connectivity index (χ3v) is 4.54. The molecule has 2 aromatic rings. The standard InChI is InChI=1S/C20H22FNO3/c1-24-19-5-3-2-4-18(19)20(23)22-12-10-15(11-13-22)14-25-17-8-6-16(21)7-9-17/h2-9,15H,10-14H2,1H3. The van der Waals surface area contributed by atoms with E-state index in [4.69, 9.17) is 9.47 Å². The summed E-state index contributed by atoms with van der Waals surface area (Å²) in [6.07, 6.45) is 1.78. The van der Waals surface area contributed by atoms with Crippen LogP contribution in [0.15, 0.2) is 48.5 Å². The largest absolute Gasteiger partial charge is 0.496 e. The van der Waals surface area contributed by atoms with Gasteiger partial charge in [-0.25, -0.2) is 4.39 Å². The zero-order valence-electron chi connectivity index (χ0n) is 14.3. The van der Waals surface area contributed by atoms with E-state index in [0.29, 0.717) is 42.7 Å². The van der Waals surface area contributed by atoms with Crippen molar-refractivity contribution in [2.75, 3.05) is 26.8 Å². The van der Waals surface area contributed by atoms with Crippen molar-refractivity contribution in [3.05, 3.63) is 59.9 Å². The van der Waals surface area contributed by atoms with Crippen molar-refractivity contribution in [1.29, 1.82) is 0 Å². The number of rotatable bonds is 5. The third kappa shape index (κ3) is 4.29. The normalized spacial score (nSPS) is 15.0.